The molecule has 0 saturated carbocycles. The third-order valence-corrected chi connectivity index (χ3v) is 3.70. The number of hydrogen-bond donors (Lipinski definition) is 2. The van der Waals surface area contributed by atoms with E-state index in [1.165, 1.54) is 6.21 Å². The smallest absolute Gasteiger partial charge is 0.271 e. The zero-order valence-electron chi connectivity index (χ0n) is 13.9. The maximum Gasteiger partial charge on any atom is 0.271 e. The summed E-state index contributed by atoms with van der Waals surface area (Å²) >= 11 is 12.4. The molecule has 1 amide bonds. The molecule has 0 heterocycles. The highest BCUT2D eigenvalue weighted by Crippen LogP contribution is 2.34. The van der Waals surface area contributed by atoms with Gasteiger partial charge >= 0.3 is 0 Å². The lowest BCUT2D eigenvalue weighted by Gasteiger charge is -2.12. The van der Waals surface area contributed by atoms with Crippen molar-refractivity contribution in [2.75, 3.05) is 12.3 Å². The van der Waals surface area contributed by atoms with E-state index in [2.05, 4.69) is 10.5 Å². The Morgan fingerprint density at radius 3 is 2.40 bits per heavy atom. The van der Waals surface area contributed by atoms with Crippen molar-refractivity contribution in [1.29, 1.82) is 0 Å². The standard InChI is InChI=1S/C18H19Cl2N3O2/c1-11(2)10-25-17-15(19)7-12(8-16(17)20)9-22-23-18(24)13-3-5-14(21)6-4-13/h3-9,11H,10,21H2,1-2H3,(H,23,24)/b22-9-. The van der Waals surface area contributed by atoms with Crippen LogP contribution in [0, 0.1) is 5.92 Å². The number of nitrogens with two attached hydrogens (primary N) is 1. The third kappa shape index (κ3) is 5.66. The lowest BCUT2D eigenvalue weighted by atomic mass is 10.2. The fourth-order valence-corrected chi connectivity index (χ4v) is 2.52. The number of hydrazone groups is 1. The maximum absolute atomic E-state index is 11.9. The van der Waals surface area contributed by atoms with Crippen LogP contribution in [0.15, 0.2) is 41.5 Å². The quantitative estimate of drug-likeness (QED) is 0.444. The minimum Gasteiger partial charge on any atom is -0.490 e. The van der Waals surface area contributed by atoms with E-state index in [9.17, 15) is 4.79 Å². The number of nitrogen functional groups attached to an aromatic ring is 1. The zero-order valence-corrected chi connectivity index (χ0v) is 15.4. The topological polar surface area (TPSA) is 76.7 Å². The molecular formula is C18H19Cl2N3O2. The van der Waals surface area contributed by atoms with Gasteiger partial charge in [0.25, 0.3) is 5.91 Å². The maximum atomic E-state index is 11.9. The molecule has 3 N–H and O–H groups in total. The molecule has 2 aromatic rings. The van der Waals surface area contributed by atoms with E-state index in [1.807, 2.05) is 13.8 Å². The Morgan fingerprint density at radius 1 is 1.24 bits per heavy atom. The zero-order chi connectivity index (χ0) is 18.4. The predicted molar refractivity (Wildman–Crippen MR) is 103 cm³/mol. The van der Waals surface area contributed by atoms with Crippen LogP contribution in [0.5, 0.6) is 5.75 Å². The molecule has 0 spiro atoms. The Morgan fingerprint density at radius 2 is 1.84 bits per heavy atom. The molecule has 132 valence electrons. The van der Waals surface area contributed by atoms with Crippen molar-refractivity contribution in [2.45, 2.75) is 13.8 Å². The molecule has 0 aliphatic carbocycles. The summed E-state index contributed by atoms with van der Waals surface area (Å²) in [6.45, 7) is 4.59. The van der Waals surface area contributed by atoms with Gasteiger partial charge in [0.2, 0.25) is 0 Å². The van der Waals surface area contributed by atoms with Crippen LogP contribution in [0.25, 0.3) is 0 Å². The summed E-state index contributed by atoms with van der Waals surface area (Å²) in [5.74, 6) is 0.461. The minimum atomic E-state index is -0.342. The van der Waals surface area contributed by atoms with Gasteiger partial charge in [-0.25, -0.2) is 5.43 Å². The Bertz CT molecular complexity index is 751. The van der Waals surface area contributed by atoms with Gasteiger partial charge in [0.05, 0.1) is 22.9 Å². The Labute approximate surface area is 156 Å². The van der Waals surface area contributed by atoms with Crippen LogP contribution in [0.3, 0.4) is 0 Å². The van der Waals surface area contributed by atoms with Gasteiger partial charge in [0.1, 0.15) is 0 Å². The normalized spacial score (nSPS) is 11.1. The summed E-state index contributed by atoms with van der Waals surface area (Å²) in [4.78, 5) is 11.9. The lowest BCUT2D eigenvalue weighted by molar-refractivity contribution is 0.0955. The largest absolute Gasteiger partial charge is 0.490 e. The number of anilines is 1. The summed E-state index contributed by atoms with van der Waals surface area (Å²) in [5, 5.41) is 4.69. The predicted octanol–water partition coefficient (Wildman–Crippen LogP) is 4.37. The molecule has 0 radical (unpaired) electrons. The van der Waals surface area contributed by atoms with E-state index in [4.69, 9.17) is 33.7 Å². The Kier molecular flexibility index (Phi) is 6.67. The first kappa shape index (κ1) is 19.1. The molecule has 0 aromatic heterocycles. The van der Waals surface area contributed by atoms with Crippen molar-refractivity contribution in [1.82, 2.24) is 5.43 Å². The molecule has 0 atom stereocenters. The van der Waals surface area contributed by atoms with Gasteiger partial charge in [-0.05, 0) is 47.9 Å². The second kappa shape index (κ2) is 8.74. The first-order chi connectivity index (χ1) is 11.9. The first-order valence-corrected chi connectivity index (χ1v) is 8.43. The van der Waals surface area contributed by atoms with E-state index in [0.29, 0.717) is 45.1 Å². The van der Waals surface area contributed by atoms with Crippen molar-refractivity contribution < 1.29 is 9.53 Å². The van der Waals surface area contributed by atoms with Gasteiger partial charge < -0.3 is 10.5 Å². The molecule has 0 unspecified atom stereocenters. The molecular weight excluding hydrogens is 361 g/mol. The summed E-state index contributed by atoms with van der Waals surface area (Å²) < 4.78 is 5.61. The molecule has 0 fully saturated rings. The van der Waals surface area contributed by atoms with Crippen molar-refractivity contribution in [3.05, 3.63) is 57.6 Å². The monoisotopic (exact) mass is 379 g/mol. The van der Waals surface area contributed by atoms with Gasteiger partial charge in [0, 0.05) is 11.3 Å². The van der Waals surface area contributed by atoms with Crippen molar-refractivity contribution in [3.63, 3.8) is 0 Å². The second-order valence-electron chi connectivity index (χ2n) is 5.84. The number of rotatable bonds is 6. The third-order valence-electron chi connectivity index (χ3n) is 3.13. The molecule has 0 saturated heterocycles. The number of ether oxygens (including phenoxy) is 1. The molecule has 0 aliphatic heterocycles. The Balaban J connectivity index is 2.03. The number of hydrogen-bond acceptors (Lipinski definition) is 4. The molecule has 2 rings (SSSR count). The summed E-state index contributed by atoms with van der Waals surface area (Å²) in [6.07, 6.45) is 1.46. The molecule has 0 bridgehead atoms. The molecule has 2 aromatic carbocycles. The average Bonchev–Trinajstić information content (AvgIpc) is 2.54. The number of amides is 1. The fourth-order valence-electron chi connectivity index (χ4n) is 1.91. The van der Waals surface area contributed by atoms with Crippen LogP contribution in [0.2, 0.25) is 10.0 Å². The molecule has 5 nitrogen and oxygen atoms in total. The van der Waals surface area contributed by atoms with Gasteiger partial charge in [-0.15, -0.1) is 0 Å². The summed E-state index contributed by atoms with van der Waals surface area (Å²) in [6, 6.07) is 9.87. The minimum absolute atomic E-state index is 0.342. The van der Waals surface area contributed by atoms with E-state index >= 15 is 0 Å². The highest BCUT2D eigenvalue weighted by Gasteiger charge is 2.10. The van der Waals surface area contributed by atoms with E-state index in [1.54, 1.807) is 36.4 Å². The fraction of sp³-hybridized carbons (Fsp3) is 0.222. The van der Waals surface area contributed by atoms with Crippen LogP contribution in [-0.4, -0.2) is 18.7 Å². The highest BCUT2D eigenvalue weighted by molar-refractivity contribution is 6.37. The van der Waals surface area contributed by atoms with Crippen LogP contribution in [0.4, 0.5) is 5.69 Å². The highest BCUT2D eigenvalue weighted by atomic mass is 35.5. The number of halogens is 2. The average molecular weight is 380 g/mol. The van der Waals surface area contributed by atoms with Gasteiger partial charge in [0.15, 0.2) is 5.75 Å². The van der Waals surface area contributed by atoms with Crippen molar-refractivity contribution in [2.24, 2.45) is 11.0 Å². The van der Waals surface area contributed by atoms with E-state index in [-0.39, 0.29) is 5.91 Å². The van der Waals surface area contributed by atoms with Crippen molar-refractivity contribution >= 4 is 41.0 Å². The van der Waals surface area contributed by atoms with Gasteiger partial charge in [-0.2, -0.15) is 5.10 Å². The first-order valence-electron chi connectivity index (χ1n) is 7.67. The Hall–Kier alpha value is -2.24. The van der Waals surface area contributed by atoms with Crippen LogP contribution >= 0.6 is 23.2 Å². The molecule has 0 aliphatic rings. The van der Waals surface area contributed by atoms with Crippen LogP contribution in [-0.2, 0) is 0 Å². The lowest BCUT2D eigenvalue weighted by Crippen LogP contribution is -2.17. The summed E-state index contributed by atoms with van der Waals surface area (Å²) in [5.41, 5.74) is 9.71. The van der Waals surface area contributed by atoms with Crippen LogP contribution in [0.1, 0.15) is 29.8 Å². The SMILES string of the molecule is CC(C)COc1c(Cl)cc(/C=N\NC(=O)c2ccc(N)cc2)cc1Cl. The number of nitrogens with zero attached hydrogens (tertiary/aromatic N) is 1. The number of nitrogens with one attached hydrogen (secondary N) is 1. The molecule has 25 heavy (non-hydrogen) atoms. The van der Waals surface area contributed by atoms with E-state index < -0.39 is 0 Å². The van der Waals surface area contributed by atoms with Gasteiger partial charge in [-0.3, -0.25) is 4.79 Å². The molecule has 7 heteroatoms. The summed E-state index contributed by atoms with van der Waals surface area (Å²) in [7, 11) is 0. The van der Waals surface area contributed by atoms with Crippen molar-refractivity contribution in [3.8, 4) is 5.75 Å². The number of benzene rings is 2. The van der Waals surface area contributed by atoms with Crippen LogP contribution < -0.4 is 15.9 Å². The van der Waals surface area contributed by atoms with Gasteiger partial charge in [-0.1, -0.05) is 37.0 Å². The van der Waals surface area contributed by atoms with E-state index in [0.717, 1.165) is 0 Å². The number of carbonyl (C=O) groups excluding carboxylic acids is 1. The number of carbonyl (C=O) groups is 1. The second-order valence-corrected chi connectivity index (χ2v) is 6.65.